The van der Waals surface area contributed by atoms with E-state index in [1.807, 2.05) is 0 Å². The number of hydrogen-bond donors (Lipinski definition) is 1. The Morgan fingerprint density at radius 3 is 3.08 bits per heavy atom. The monoisotopic (exact) mass is 160 g/mol. The summed E-state index contributed by atoms with van der Waals surface area (Å²) in [4.78, 5) is 14.2. The van der Waals surface area contributed by atoms with Gasteiger partial charge in [-0.2, -0.15) is 0 Å². The lowest BCUT2D eigenvalue weighted by Gasteiger charge is -1.89. The van der Waals surface area contributed by atoms with Crippen molar-refractivity contribution in [1.29, 1.82) is 0 Å². The van der Waals surface area contributed by atoms with Crippen LogP contribution in [0, 0.1) is 11.8 Å². The summed E-state index contributed by atoms with van der Waals surface area (Å²) in [6.45, 7) is 0.311. The van der Waals surface area contributed by atoms with E-state index in [0.717, 1.165) is 6.29 Å². The molecule has 1 heterocycles. The van der Waals surface area contributed by atoms with E-state index in [9.17, 15) is 4.79 Å². The fourth-order valence-electron chi connectivity index (χ4n) is 0.744. The van der Waals surface area contributed by atoms with Crippen LogP contribution in [0.5, 0.6) is 0 Å². The van der Waals surface area contributed by atoms with E-state index < -0.39 is 0 Å². The summed E-state index contributed by atoms with van der Waals surface area (Å²) in [7, 11) is 0. The summed E-state index contributed by atoms with van der Waals surface area (Å²) in [6, 6.07) is 1.67. The van der Waals surface area contributed by atoms with Crippen LogP contribution in [0.15, 0.2) is 18.5 Å². The highest BCUT2D eigenvalue weighted by Gasteiger charge is 1.90. The molecular weight excluding hydrogens is 152 g/mol. The second kappa shape index (κ2) is 4.27. The third kappa shape index (κ3) is 2.19. The minimum atomic E-state index is 0.311. The van der Waals surface area contributed by atoms with Gasteiger partial charge in [-0.25, -0.2) is 0 Å². The molecule has 0 fully saturated rings. The molecule has 0 saturated carbocycles. The van der Waals surface area contributed by atoms with E-state index in [-0.39, 0.29) is 0 Å². The standard InChI is InChI=1S/C9H8N2O/c10-3-1-2-8-4-9(7-12)6-11-5-8/h4-7H,3,10H2. The van der Waals surface area contributed by atoms with Crippen LogP contribution in [-0.4, -0.2) is 17.8 Å². The maximum absolute atomic E-state index is 10.3. The van der Waals surface area contributed by atoms with Gasteiger partial charge in [0.1, 0.15) is 0 Å². The Bertz CT molecular complexity index is 336. The van der Waals surface area contributed by atoms with Gasteiger partial charge < -0.3 is 5.73 Å². The zero-order valence-electron chi connectivity index (χ0n) is 6.45. The van der Waals surface area contributed by atoms with Crippen LogP contribution in [0.4, 0.5) is 0 Å². The highest BCUT2D eigenvalue weighted by atomic mass is 16.1. The number of rotatable bonds is 1. The summed E-state index contributed by atoms with van der Waals surface area (Å²) in [5.41, 5.74) is 6.42. The van der Waals surface area contributed by atoms with Gasteiger partial charge in [0.05, 0.1) is 6.54 Å². The number of nitrogens with zero attached hydrogens (tertiary/aromatic N) is 1. The van der Waals surface area contributed by atoms with Crippen molar-refractivity contribution < 1.29 is 4.79 Å². The van der Waals surface area contributed by atoms with E-state index in [4.69, 9.17) is 5.73 Å². The van der Waals surface area contributed by atoms with Crippen molar-refractivity contribution in [2.45, 2.75) is 0 Å². The number of carbonyl (C=O) groups excluding carboxylic acids is 1. The average Bonchev–Trinajstić information content (AvgIpc) is 2.15. The average molecular weight is 160 g/mol. The van der Waals surface area contributed by atoms with Crippen LogP contribution in [0.25, 0.3) is 0 Å². The molecule has 1 rings (SSSR count). The first-order valence-electron chi connectivity index (χ1n) is 3.46. The molecule has 0 amide bonds. The Labute approximate surface area is 70.6 Å². The molecule has 60 valence electrons. The summed E-state index contributed by atoms with van der Waals surface area (Å²) >= 11 is 0. The fraction of sp³-hybridized carbons (Fsp3) is 0.111. The van der Waals surface area contributed by atoms with Crippen molar-refractivity contribution >= 4 is 6.29 Å². The topological polar surface area (TPSA) is 56.0 Å². The Kier molecular flexibility index (Phi) is 3.00. The first-order valence-corrected chi connectivity index (χ1v) is 3.46. The number of nitrogens with two attached hydrogens (primary N) is 1. The van der Waals surface area contributed by atoms with Gasteiger partial charge in [0.15, 0.2) is 6.29 Å². The van der Waals surface area contributed by atoms with Crippen LogP contribution in [0.2, 0.25) is 0 Å². The summed E-state index contributed by atoms with van der Waals surface area (Å²) in [5.74, 6) is 5.46. The smallest absolute Gasteiger partial charge is 0.151 e. The Morgan fingerprint density at radius 1 is 1.58 bits per heavy atom. The van der Waals surface area contributed by atoms with Crippen molar-refractivity contribution in [3.05, 3.63) is 29.6 Å². The van der Waals surface area contributed by atoms with Crippen molar-refractivity contribution in [3.8, 4) is 11.8 Å². The normalized spacial score (nSPS) is 8.42. The molecule has 0 unspecified atom stereocenters. The van der Waals surface area contributed by atoms with Crippen LogP contribution in [0.3, 0.4) is 0 Å². The molecule has 0 aromatic carbocycles. The maximum atomic E-state index is 10.3. The van der Waals surface area contributed by atoms with Gasteiger partial charge in [0.25, 0.3) is 0 Å². The lowest BCUT2D eigenvalue weighted by molar-refractivity contribution is 0.112. The summed E-state index contributed by atoms with van der Waals surface area (Å²) in [6.07, 6.45) is 3.82. The predicted molar refractivity (Wildman–Crippen MR) is 45.6 cm³/mol. The molecule has 0 aliphatic rings. The lowest BCUT2D eigenvalue weighted by Crippen LogP contribution is -1.93. The number of carbonyl (C=O) groups is 1. The quantitative estimate of drug-likeness (QED) is 0.471. The molecular formula is C9H8N2O. The molecule has 12 heavy (non-hydrogen) atoms. The third-order valence-corrected chi connectivity index (χ3v) is 1.23. The molecule has 3 nitrogen and oxygen atoms in total. The molecule has 0 atom stereocenters. The number of hydrogen-bond acceptors (Lipinski definition) is 3. The van der Waals surface area contributed by atoms with Crippen molar-refractivity contribution in [2.75, 3.05) is 6.54 Å². The summed E-state index contributed by atoms with van der Waals surface area (Å²) < 4.78 is 0. The van der Waals surface area contributed by atoms with Crippen molar-refractivity contribution in [1.82, 2.24) is 4.98 Å². The second-order valence-electron chi connectivity index (χ2n) is 2.13. The van der Waals surface area contributed by atoms with E-state index in [0.29, 0.717) is 17.7 Å². The van der Waals surface area contributed by atoms with Gasteiger partial charge in [0.2, 0.25) is 0 Å². The van der Waals surface area contributed by atoms with Gasteiger partial charge in [0, 0.05) is 23.5 Å². The molecule has 2 N–H and O–H groups in total. The Balaban J connectivity index is 2.93. The Hall–Kier alpha value is -1.66. The number of aromatic nitrogens is 1. The molecule has 3 heteroatoms. The zero-order chi connectivity index (χ0) is 8.81. The van der Waals surface area contributed by atoms with E-state index >= 15 is 0 Å². The van der Waals surface area contributed by atoms with Crippen molar-refractivity contribution in [3.63, 3.8) is 0 Å². The third-order valence-electron chi connectivity index (χ3n) is 1.23. The lowest BCUT2D eigenvalue weighted by atomic mass is 10.2. The molecule has 0 bridgehead atoms. The van der Waals surface area contributed by atoms with Crippen LogP contribution in [0.1, 0.15) is 15.9 Å². The first kappa shape index (κ1) is 8.44. The van der Waals surface area contributed by atoms with Crippen LogP contribution in [-0.2, 0) is 0 Å². The molecule has 0 radical (unpaired) electrons. The highest BCUT2D eigenvalue weighted by Crippen LogP contribution is 1.97. The minimum Gasteiger partial charge on any atom is -0.320 e. The maximum Gasteiger partial charge on any atom is 0.151 e. The largest absolute Gasteiger partial charge is 0.320 e. The first-order chi connectivity index (χ1) is 5.86. The minimum absolute atomic E-state index is 0.311. The molecule has 0 saturated heterocycles. The van der Waals surface area contributed by atoms with E-state index in [1.165, 1.54) is 6.20 Å². The van der Waals surface area contributed by atoms with E-state index in [1.54, 1.807) is 12.3 Å². The molecule has 0 aliphatic carbocycles. The van der Waals surface area contributed by atoms with Gasteiger partial charge >= 0.3 is 0 Å². The molecule has 1 aromatic heterocycles. The highest BCUT2D eigenvalue weighted by molar-refractivity contribution is 5.74. The predicted octanol–water partition coefficient (Wildman–Crippen LogP) is 0.204. The summed E-state index contributed by atoms with van der Waals surface area (Å²) in [5, 5.41) is 0. The van der Waals surface area contributed by atoms with Crippen LogP contribution >= 0.6 is 0 Å². The van der Waals surface area contributed by atoms with Crippen LogP contribution < -0.4 is 5.73 Å². The van der Waals surface area contributed by atoms with Gasteiger partial charge in [-0.3, -0.25) is 9.78 Å². The zero-order valence-corrected chi connectivity index (χ0v) is 6.45. The molecule has 0 aliphatic heterocycles. The Morgan fingerprint density at radius 2 is 2.42 bits per heavy atom. The van der Waals surface area contributed by atoms with Gasteiger partial charge in [-0.05, 0) is 6.07 Å². The fourth-order valence-corrected chi connectivity index (χ4v) is 0.744. The molecule has 0 spiro atoms. The van der Waals surface area contributed by atoms with Gasteiger partial charge in [-0.1, -0.05) is 11.8 Å². The van der Waals surface area contributed by atoms with Gasteiger partial charge in [-0.15, -0.1) is 0 Å². The van der Waals surface area contributed by atoms with E-state index in [2.05, 4.69) is 16.8 Å². The number of pyridine rings is 1. The second-order valence-corrected chi connectivity index (χ2v) is 2.13. The molecule has 1 aromatic rings. The van der Waals surface area contributed by atoms with Crippen molar-refractivity contribution in [2.24, 2.45) is 5.73 Å². The number of aldehydes is 1. The SMILES string of the molecule is NCC#Cc1cncc(C=O)c1.